The van der Waals surface area contributed by atoms with Crippen molar-refractivity contribution in [1.29, 1.82) is 0 Å². The summed E-state index contributed by atoms with van der Waals surface area (Å²) in [7, 11) is 0. The number of benzene rings is 2. The lowest BCUT2D eigenvalue weighted by Gasteiger charge is -2.11. The zero-order valence-electron chi connectivity index (χ0n) is 16.7. The van der Waals surface area contributed by atoms with Crippen LogP contribution in [0.25, 0.3) is 0 Å². The van der Waals surface area contributed by atoms with Crippen LogP contribution in [0.5, 0.6) is 5.75 Å². The smallest absolute Gasteiger partial charge is 0.251 e. The van der Waals surface area contributed by atoms with E-state index in [1.54, 1.807) is 24.3 Å². The Morgan fingerprint density at radius 1 is 0.964 bits per heavy atom. The third-order valence-electron chi connectivity index (χ3n) is 3.92. The lowest BCUT2D eigenvalue weighted by Crippen LogP contribution is -2.30. The molecule has 3 N–H and O–H groups in total. The van der Waals surface area contributed by atoms with Crippen molar-refractivity contribution in [2.45, 2.75) is 39.7 Å². The Balaban J connectivity index is 1.78. The van der Waals surface area contributed by atoms with E-state index in [-0.39, 0.29) is 24.4 Å². The van der Waals surface area contributed by atoms with Crippen LogP contribution in [0.2, 0.25) is 0 Å². The van der Waals surface area contributed by atoms with Crippen LogP contribution in [0.4, 0.5) is 11.4 Å². The van der Waals surface area contributed by atoms with Crippen molar-refractivity contribution < 1.29 is 14.3 Å². The van der Waals surface area contributed by atoms with Crippen LogP contribution < -0.4 is 20.7 Å². The third kappa shape index (κ3) is 7.31. The van der Waals surface area contributed by atoms with Gasteiger partial charge in [-0.15, -0.1) is 0 Å². The number of nitrogens with one attached hydrogen (secondary N) is 3. The minimum absolute atomic E-state index is 0.0786. The van der Waals surface area contributed by atoms with Crippen molar-refractivity contribution in [3.63, 3.8) is 0 Å². The zero-order chi connectivity index (χ0) is 20.4. The van der Waals surface area contributed by atoms with Gasteiger partial charge in [0.05, 0.1) is 13.2 Å². The molecule has 0 bridgehead atoms. The van der Waals surface area contributed by atoms with Crippen LogP contribution in [-0.2, 0) is 4.79 Å². The van der Waals surface area contributed by atoms with Crippen molar-refractivity contribution >= 4 is 23.2 Å². The minimum atomic E-state index is -0.164. The van der Waals surface area contributed by atoms with E-state index in [4.69, 9.17) is 4.74 Å². The number of rotatable bonds is 10. The molecule has 0 saturated carbocycles. The number of amides is 2. The summed E-state index contributed by atoms with van der Waals surface area (Å²) < 4.78 is 5.62. The maximum Gasteiger partial charge on any atom is 0.251 e. The number of hydrogen-bond donors (Lipinski definition) is 3. The Hall–Kier alpha value is -3.02. The Morgan fingerprint density at radius 2 is 1.61 bits per heavy atom. The predicted octanol–water partition coefficient (Wildman–Crippen LogP) is 4.05. The standard InChI is InChI=1S/C22H29N3O3/c1-4-5-14-28-20-12-10-18(11-13-20)23-15-21(26)25-19-8-6-17(7-9-19)22(27)24-16(2)3/h6-13,16,23H,4-5,14-15H2,1-3H3,(H,24,27)(H,25,26). The molecule has 2 aromatic carbocycles. The van der Waals surface area contributed by atoms with Crippen molar-refractivity contribution in [3.8, 4) is 5.75 Å². The van der Waals surface area contributed by atoms with Gasteiger partial charge < -0.3 is 20.7 Å². The Bertz CT molecular complexity index is 756. The van der Waals surface area contributed by atoms with Crippen LogP contribution in [0.1, 0.15) is 44.0 Å². The molecule has 0 aliphatic carbocycles. The number of anilines is 2. The summed E-state index contributed by atoms with van der Waals surface area (Å²) in [6, 6.07) is 14.4. The summed E-state index contributed by atoms with van der Waals surface area (Å²) in [4.78, 5) is 24.0. The van der Waals surface area contributed by atoms with Gasteiger partial charge in [0.25, 0.3) is 5.91 Å². The molecule has 28 heavy (non-hydrogen) atoms. The number of carbonyl (C=O) groups excluding carboxylic acids is 2. The summed E-state index contributed by atoms with van der Waals surface area (Å²) in [6.45, 7) is 6.80. The molecule has 0 atom stereocenters. The SMILES string of the molecule is CCCCOc1ccc(NCC(=O)Nc2ccc(C(=O)NC(C)C)cc2)cc1. The lowest BCUT2D eigenvalue weighted by atomic mass is 10.2. The molecule has 2 amide bonds. The molecular weight excluding hydrogens is 354 g/mol. The Labute approximate surface area is 166 Å². The van der Waals surface area contributed by atoms with Crippen molar-refractivity contribution in [3.05, 3.63) is 54.1 Å². The van der Waals surface area contributed by atoms with Gasteiger partial charge in [-0.05, 0) is 68.8 Å². The van der Waals surface area contributed by atoms with Gasteiger partial charge in [-0.2, -0.15) is 0 Å². The molecule has 6 heteroatoms. The van der Waals surface area contributed by atoms with Gasteiger partial charge >= 0.3 is 0 Å². The third-order valence-corrected chi connectivity index (χ3v) is 3.92. The summed E-state index contributed by atoms with van der Waals surface area (Å²) in [6.07, 6.45) is 2.13. The number of ether oxygens (including phenoxy) is 1. The fourth-order valence-corrected chi connectivity index (χ4v) is 2.44. The summed E-state index contributed by atoms with van der Waals surface area (Å²) in [5.74, 6) is 0.532. The summed E-state index contributed by atoms with van der Waals surface area (Å²) in [5.41, 5.74) is 2.05. The monoisotopic (exact) mass is 383 g/mol. The van der Waals surface area contributed by atoms with E-state index in [9.17, 15) is 9.59 Å². The van der Waals surface area contributed by atoms with Gasteiger partial charge in [0, 0.05) is 23.0 Å². The van der Waals surface area contributed by atoms with Gasteiger partial charge in [-0.1, -0.05) is 13.3 Å². The second-order valence-electron chi connectivity index (χ2n) is 6.83. The lowest BCUT2D eigenvalue weighted by molar-refractivity contribution is -0.114. The topological polar surface area (TPSA) is 79.5 Å². The Kier molecular flexibility index (Phi) is 8.34. The fraction of sp³-hybridized carbons (Fsp3) is 0.364. The van der Waals surface area contributed by atoms with Crippen molar-refractivity contribution in [2.24, 2.45) is 0 Å². The molecule has 0 fully saturated rings. The van der Waals surface area contributed by atoms with E-state index in [0.29, 0.717) is 17.9 Å². The fourth-order valence-electron chi connectivity index (χ4n) is 2.44. The zero-order valence-corrected chi connectivity index (χ0v) is 16.7. The molecule has 150 valence electrons. The van der Waals surface area contributed by atoms with E-state index in [0.717, 1.165) is 24.3 Å². The highest BCUT2D eigenvalue weighted by Gasteiger charge is 2.08. The van der Waals surface area contributed by atoms with Gasteiger partial charge in [-0.25, -0.2) is 0 Å². The molecule has 0 spiro atoms. The van der Waals surface area contributed by atoms with Gasteiger partial charge in [0.2, 0.25) is 5.91 Å². The van der Waals surface area contributed by atoms with E-state index >= 15 is 0 Å². The molecular formula is C22H29N3O3. The van der Waals surface area contributed by atoms with Crippen LogP contribution in [0.3, 0.4) is 0 Å². The molecule has 0 aliphatic rings. The average Bonchev–Trinajstić information content (AvgIpc) is 2.67. The molecule has 0 unspecified atom stereocenters. The quantitative estimate of drug-likeness (QED) is 0.541. The van der Waals surface area contributed by atoms with Crippen molar-refractivity contribution in [1.82, 2.24) is 5.32 Å². The minimum Gasteiger partial charge on any atom is -0.494 e. The van der Waals surface area contributed by atoms with E-state index in [1.165, 1.54) is 0 Å². The van der Waals surface area contributed by atoms with E-state index < -0.39 is 0 Å². The number of unbranched alkanes of at least 4 members (excludes halogenated alkanes) is 1. The van der Waals surface area contributed by atoms with E-state index in [2.05, 4.69) is 22.9 Å². The average molecular weight is 383 g/mol. The molecule has 0 radical (unpaired) electrons. The van der Waals surface area contributed by atoms with Gasteiger partial charge in [0.1, 0.15) is 5.75 Å². The van der Waals surface area contributed by atoms with Crippen LogP contribution in [0.15, 0.2) is 48.5 Å². The summed E-state index contributed by atoms with van der Waals surface area (Å²) in [5, 5.41) is 8.72. The van der Waals surface area contributed by atoms with Crippen LogP contribution >= 0.6 is 0 Å². The molecule has 2 aromatic rings. The first kappa shape index (κ1) is 21.3. The number of hydrogen-bond acceptors (Lipinski definition) is 4. The van der Waals surface area contributed by atoms with Crippen molar-refractivity contribution in [2.75, 3.05) is 23.8 Å². The first-order valence-electron chi connectivity index (χ1n) is 9.65. The van der Waals surface area contributed by atoms with Crippen LogP contribution in [0, 0.1) is 0 Å². The molecule has 0 aliphatic heterocycles. The first-order valence-corrected chi connectivity index (χ1v) is 9.65. The summed E-state index contributed by atoms with van der Waals surface area (Å²) >= 11 is 0. The molecule has 2 rings (SSSR count). The predicted molar refractivity (Wildman–Crippen MR) is 113 cm³/mol. The second-order valence-corrected chi connectivity index (χ2v) is 6.83. The highest BCUT2D eigenvalue weighted by Crippen LogP contribution is 2.16. The van der Waals surface area contributed by atoms with Crippen LogP contribution in [-0.4, -0.2) is 31.0 Å². The number of carbonyl (C=O) groups is 2. The molecule has 0 saturated heterocycles. The molecule has 0 aromatic heterocycles. The van der Waals surface area contributed by atoms with Gasteiger partial charge in [0.15, 0.2) is 0 Å². The molecule has 6 nitrogen and oxygen atoms in total. The second kappa shape index (κ2) is 11.0. The maximum absolute atomic E-state index is 12.1. The first-order chi connectivity index (χ1) is 13.5. The van der Waals surface area contributed by atoms with E-state index in [1.807, 2.05) is 38.1 Å². The molecule has 0 heterocycles. The normalized spacial score (nSPS) is 10.4. The maximum atomic E-state index is 12.1. The highest BCUT2D eigenvalue weighted by molar-refractivity contribution is 5.96. The Morgan fingerprint density at radius 3 is 2.21 bits per heavy atom. The highest BCUT2D eigenvalue weighted by atomic mass is 16.5. The largest absolute Gasteiger partial charge is 0.494 e. The van der Waals surface area contributed by atoms with Gasteiger partial charge in [-0.3, -0.25) is 9.59 Å².